The fourth-order valence-electron chi connectivity index (χ4n) is 3.04. The van der Waals surface area contributed by atoms with Crippen molar-refractivity contribution in [3.63, 3.8) is 0 Å². The summed E-state index contributed by atoms with van der Waals surface area (Å²) in [5.41, 5.74) is 0.912. The highest BCUT2D eigenvalue weighted by Gasteiger charge is 2.31. The van der Waals surface area contributed by atoms with E-state index in [-0.39, 0.29) is 11.9 Å². The van der Waals surface area contributed by atoms with Gasteiger partial charge in [-0.1, -0.05) is 19.1 Å². The lowest BCUT2D eigenvalue weighted by Gasteiger charge is -2.32. The summed E-state index contributed by atoms with van der Waals surface area (Å²) >= 11 is 0. The molecule has 4 heteroatoms. The van der Waals surface area contributed by atoms with Crippen LogP contribution in [0.2, 0.25) is 0 Å². The van der Waals surface area contributed by atoms with E-state index in [0.29, 0.717) is 12.5 Å². The Kier molecular flexibility index (Phi) is 3.92. The molecule has 1 aromatic carbocycles. The number of carbonyl (C=O) groups excluding carboxylic acids is 1. The zero-order valence-electron chi connectivity index (χ0n) is 12.0. The maximum Gasteiger partial charge on any atom is 0.244 e. The van der Waals surface area contributed by atoms with Crippen molar-refractivity contribution in [3.05, 3.63) is 24.3 Å². The fourth-order valence-corrected chi connectivity index (χ4v) is 3.04. The van der Waals surface area contributed by atoms with Crippen molar-refractivity contribution in [1.82, 2.24) is 5.32 Å². The molecular formula is C16H22N2O2. The van der Waals surface area contributed by atoms with Crippen molar-refractivity contribution in [2.45, 2.75) is 32.2 Å². The van der Waals surface area contributed by atoms with Crippen molar-refractivity contribution < 1.29 is 9.53 Å². The van der Waals surface area contributed by atoms with Crippen LogP contribution in [0.5, 0.6) is 5.75 Å². The molecule has 3 rings (SSSR count). The second-order valence-corrected chi connectivity index (χ2v) is 5.80. The molecular weight excluding hydrogens is 252 g/mol. The van der Waals surface area contributed by atoms with Gasteiger partial charge in [0.2, 0.25) is 5.91 Å². The number of amides is 1. The molecule has 2 unspecified atom stereocenters. The van der Waals surface area contributed by atoms with E-state index in [2.05, 4.69) is 12.2 Å². The molecule has 0 bridgehead atoms. The van der Waals surface area contributed by atoms with Crippen molar-refractivity contribution >= 4 is 11.6 Å². The first-order valence-corrected chi connectivity index (χ1v) is 7.52. The van der Waals surface area contributed by atoms with E-state index >= 15 is 0 Å². The van der Waals surface area contributed by atoms with E-state index in [1.807, 2.05) is 29.2 Å². The van der Waals surface area contributed by atoms with Crippen molar-refractivity contribution in [1.29, 1.82) is 0 Å². The molecule has 0 saturated carbocycles. The molecule has 108 valence electrons. The lowest BCUT2D eigenvalue weighted by Crippen LogP contribution is -2.50. The van der Waals surface area contributed by atoms with Gasteiger partial charge in [0.1, 0.15) is 5.75 Å². The average Bonchev–Trinajstić information content (AvgIpc) is 2.69. The third kappa shape index (κ3) is 2.66. The van der Waals surface area contributed by atoms with Crippen LogP contribution >= 0.6 is 0 Å². The van der Waals surface area contributed by atoms with Crippen LogP contribution in [0.4, 0.5) is 5.69 Å². The number of anilines is 1. The molecule has 0 spiro atoms. The van der Waals surface area contributed by atoms with Gasteiger partial charge in [0.05, 0.1) is 18.3 Å². The Morgan fingerprint density at radius 2 is 2.25 bits per heavy atom. The zero-order valence-corrected chi connectivity index (χ0v) is 12.0. The van der Waals surface area contributed by atoms with Crippen molar-refractivity contribution in [3.8, 4) is 5.75 Å². The molecule has 1 saturated heterocycles. The molecule has 4 nitrogen and oxygen atoms in total. The molecule has 2 atom stereocenters. The van der Waals surface area contributed by atoms with Crippen LogP contribution in [-0.4, -0.2) is 31.6 Å². The molecule has 2 aliphatic heterocycles. The number of hydrogen-bond donors (Lipinski definition) is 1. The molecule has 20 heavy (non-hydrogen) atoms. The smallest absolute Gasteiger partial charge is 0.244 e. The molecule has 1 fully saturated rings. The molecule has 2 aliphatic rings. The number of para-hydroxylation sites is 2. The third-order valence-electron chi connectivity index (χ3n) is 4.17. The van der Waals surface area contributed by atoms with E-state index < -0.39 is 0 Å². The summed E-state index contributed by atoms with van der Waals surface area (Å²) in [6.07, 6.45) is 2.96. The van der Waals surface area contributed by atoms with E-state index in [4.69, 9.17) is 4.74 Å². The monoisotopic (exact) mass is 274 g/mol. The van der Waals surface area contributed by atoms with Gasteiger partial charge in [-0.3, -0.25) is 4.79 Å². The van der Waals surface area contributed by atoms with Crippen LogP contribution in [0.15, 0.2) is 24.3 Å². The Morgan fingerprint density at radius 1 is 1.40 bits per heavy atom. The first kappa shape index (κ1) is 13.4. The first-order valence-electron chi connectivity index (χ1n) is 7.52. The number of fused-ring (bicyclic) bond motifs is 1. The lowest BCUT2D eigenvalue weighted by molar-refractivity contribution is -0.121. The van der Waals surface area contributed by atoms with Crippen molar-refractivity contribution in [2.75, 3.05) is 24.6 Å². The van der Waals surface area contributed by atoms with Crippen LogP contribution in [0.1, 0.15) is 26.2 Å². The topological polar surface area (TPSA) is 41.6 Å². The van der Waals surface area contributed by atoms with Gasteiger partial charge in [-0.2, -0.15) is 0 Å². The minimum absolute atomic E-state index is 0.0510. The SMILES string of the molecule is CC1CCNC(C(=O)N2CCCOc3ccccc32)C1. The van der Waals surface area contributed by atoms with Gasteiger partial charge in [0.15, 0.2) is 0 Å². The number of rotatable bonds is 1. The van der Waals surface area contributed by atoms with Gasteiger partial charge in [0.25, 0.3) is 0 Å². The summed E-state index contributed by atoms with van der Waals surface area (Å²) in [4.78, 5) is 14.7. The highest BCUT2D eigenvalue weighted by atomic mass is 16.5. The second kappa shape index (κ2) is 5.83. The Balaban J connectivity index is 1.83. The highest BCUT2D eigenvalue weighted by molar-refractivity contribution is 5.98. The minimum Gasteiger partial charge on any atom is -0.491 e. The summed E-state index contributed by atoms with van der Waals surface area (Å²) in [6.45, 7) is 4.57. The van der Waals surface area contributed by atoms with Crippen LogP contribution in [0.25, 0.3) is 0 Å². The van der Waals surface area contributed by atoms with Gasteiger partial charge in [-0.05, 0) is 43.9 Å². The van der Waals surface area contributed by atoms with E-state index in [9.17, 15) is 4.79 Å². The second-order valence-electron chi connectivity index (χ2n) is 5.80. The Hall–Kier alpha value is -1.55. The zero-order chi connectivity index (χ0) is 13.9. The molecule has 0 aliphatic carbocycles. The third-order valence-corrected chi connectivity index (χ3v) is 4.17. The predicted molar refractivity (Wildman–Crippen MR) is 79.1 cm³/mol. The first-order chi connectivity index (χ1) is 9.75. The van der Waals surface area contributed by atoms with E-state index in [1.54, 1.807) is 0 Å². The minimum atomic E-state index is -0.0510. The van der Waals surface area contributed by atoms with E-state index in [0.717, 1.165) is 43.8 Å². The van der Waals surface area contributed by atoms with E-state index in [1.165, 1.54) is 0 Å². The Labute approximate surface area is 120 Å². The number of hydrogen-bond acceptors (Lipinski definition) is 3. The number of carbonyl (C=O) groups is 1. The molecule has 2 heterocycles. The van der Waals surface area contributed by atoms with Crippen LogP contribution < -0.4 is 15.0 Å². The quantitative estimate of drug-likeness (QED) is 0.853. The van der Waals surface area contributed by atoms with Crippen LogP contribution in [-0.2, 0) is 4.79 Å². The number of ether oxygens (including phenoxy) is 1. The standard InChI is InChI=1S/C16H22N2O2/c1-12-7-8-17-13(11-12)16(19)18-9-4-10-20-15-6-3-2-5-14(15)18/h2-3,5-6,12-13,17H,4,7-11H2,1H3. The fraction of sp³-hybridized carbons (Fsp3) is 0.562. The van der Waals surface area contributed by atoms with Gasteiger partial charge in [-0.15, -0.1) is 0 Å². The maximum atomic E-state index is 12.8. The highest BCUT2D eigenvalue weighted by Crippen LogP contribution is 2.31. The van der Waals surface area contributed by atoms with Crippen LogP contribution in [0, 0.1) is 5.92 Å². The summed E-state index contributed by atoms with van der Waals surface area (Å²) in [5.74, 6) is 1.63. The number of benzene rings is 1. The number of nitrogens with zero attached hydrogens (tertiary/aromatic N) is 1. The largest absolute Gasteiger partial charge is 0.491 e. The number of nitrogens with one attached hydrogen (secondary N) is 1. The van der Waals surface area contributed by atoms with Gasteiger partial charge >= 0.3 is 0 Å². The summed E-state index contributed by atoms with van der Waals surface area (Å²) in [5, 5.41) is 3.37. The molecule has 1 amide bonds. The average molecular weight is 274 g/mol. The molecule has 1 N–H and O–H groups in total. The van der Waals surface area contributed by atoms with Gasteiger partial charge in [-0.25, -0.2) is 0 Å². The van der Waals surface area contributed by atoms with Gasteiger partial charge in [0, 0.05) is 6.54 Å². The molecule has 0 aromatic heterocycles. The summed E-state index contributed by atoms with van der Waals surface area (Å²) in [7, 11) is 0. The summed E-state index contributed by atoms with van der Waals surface area (Å²) < 4.78 is 5.72. The van der Waals surface area contributed by atoms with Crippen molar-refractivity contribution in [2.24, 2.45) is 5.92 Å². The Bertz CT molecular complexity index is 489. The molecule has 0 radical (unpaired) electrons. The molecule has 1 aromatic rings. The number of piperidine rings is 1. The maximum absolute atomic E-state index is 12.8. The van der Waals surface area contributed by atoms with Crippen LogP contribution in [0.3, 0.4) is 0 Å². The lowest BCUT2D eigenvalue weighted by atomic mass is 9.93. The summed E-state index contributed by atoms with van der Waals surface area (Å²) in [6, 6.07) is 7.78. The Morgan fingerprint density at radius 3 is 3.10 bits per heavy atom. The predicted octanol–water partition coefficient (Wildman–Crippen LogP) is 2.19. The normalized spacial score (nSPS) is 26.4. The van der Waals surface area contributed by atoms with Gasteiger partial charge < -0.3 is 15.0 Å².